The highest BCUT2D eigenvalue weighted by Gasteiger charge is 2.50. The van der Waals surface area contributed by atoms with Crippen LogP contribution in [0.5, 0.6) is 5.75 Å². The van der Waals surface area contributed by atoms with Gasteiger partial charge < -0.3 is 19.9 Å². The van der Waals surface area contributed by atoms with E-state index in [0.717, 1.165) is 15.6 Å². The average Bonchev–Trinajstić information content (AvgIpc) is 3.11. The van der Waals surface area contributed by atoms with Crippen molar-refractivity contribution in [2.24, 2.45) is 10.9 Å². The normalized spacial score (nSPS) is 20.1. The molecule has 32 heavy (non-hydrogen) atoms. The van der Waals surface area contributed by atoms with E-state index >= 15 is 0 Å². The number of hydrogen-bond donors (Lipinski definition) is 2. The van der Waals surface area contributed by atoms with E-state index in [1.165, 1.54) is 0 Å². The number of aliphatic imine (C=N–C) groups is 1. The molecule has 2 aromatic rings. The van der Waals surface area contributed by atoms with Crippen LogP contribution in [0.1, 0.15) is 38.3 Å². The Bertz CT molecular complexity index is 945. The fraction of sp³-hybridized carbons (Fsp3) is 0.440. The molecule has 0 fully saturated rings. The third kappa shape index (κ3) is 5.70. The molecular formula is C25H31BrN2O4. The summed E-state index contributed by atoms with van der Waals surface area (Å²) in [6.45, 7) is 7.15. The number of ether oxygens (including phenoxy) is 2. The highest BCUT2D eigenvalue weighted by molar-refractivity contribution is 9.10. The number of halogens is 1. The second-order valence-electron chi connectivity index (χ2n) is 8.42. The van der Waals surface area contributed by atoms with Crippen molar-refractivity contribution in [2.75, 3.05) is 19.8 Å². The number of benzene rings is 2. The highest BCUT2D eigenvalue weighted by atomic mass is 79.9. The summed E-state index contributed by atoms with van der Waals surface area (Å²) < 4.78 is 12.7. The van der Waals surface area contributed by atoms with Crippen LogP contribution in [0.2, 0.25) is 0 Å². The molecule has 0 unspecified atom stereocenters. The number of aliphatic hydroxyl groups excluding tert-OH is 1. The zero-order valence-electron chi connectivity index (χ0n) is 18.8. The van der Waals surface area contributed by atoms with Gasteiger partial charge in [-0.1, -0.05) is 48.0 Å². The predicted octanol–water partition coefficient (Wildman–Crippen LogP) is 4.13. The van der Waals surface area contributed by atoms with E-state index in [0.29, 0.717) is 43.6 Å². The second kappa shape index (κ2) is 11.0. The van der Waals surface area contributed by atoms with Crippen molar-refractivity contribution in [3.8, 4) is 5.75 Å². The van der Waals surface area contributed by atoms with Crippen LogP contribution in [0, 0.1) is 5.92 Å². The summed E-state index contributed by atoms with van der Waals surface area (Å²) in [6, 6.07) is 15.3. The Hall–Kier alpha value is -2.38. The van der Waals surface area contributed by atoms with Crippen molar-refractivity contribution >= 4 is 27.7 Å². The predicted molar refractivity (Wildman–Crippen MR) is 129 cm³/mol. The maximum Gasteiger partial charge on any atom is 0.252 e. The Kier molecular flexibility index (Phi) is 8.32. The van der Waals surface area contributed by atoms with Crippen LogP contribution in [-0.2, 0) is 16.0 Å². The van der Waals surface area contributed by atoms with Gasteiger partial charge in [-0.25, -0.2) is 4.99 Å². The largest absolute Gasteiger partial charge is 0.494 e. The molecule has 6 nitrogen and oxygen atoms in total. The maximum atomic E-state index is 13.4. The van der Waals surface area contributed by atoms with E-state index in [9.17, 15) is 4.79 Å². The fourth-order valence-electron chi connectivity index (χ4n) is 3.53. The SMILES string of the molecule is CC(C)CNC(=O)[C@]1(Cc2ccccc2Br)N=C(c2ccc(OCCCO)cc2)O[C@@H]1C. The number of nitrogens with zero attached hydrogens (tertiary/aromatic N) is 1. The van der Waals surface area contributed by atoms with Gasteiger partial charge in [-0.05, 0) is 48.7 Å². The van der Waals surface area contributed by atoms with Crippen molar-refractivity contribution in [1.82, 2.24) is 5.32 Å². The third-order valence-corrected chi connectivity index (χ3v) is 6.19. The molecule has 2 atom stereocenters. The minimum Gasteiger partial charge on any atom is -0.494 e. The van der Waals surface area contributed by atoms with E-state index < -0.39 is 11.6 Å². The number of nitrogens with one attached hydrogen (secondary N) is 1. The molecule has 7 heteroatoms. The molecule has 1 amide bonds. The van der Waals surface area contributed by atoms with E-state index in [2.05, 4.69) is 35.1 Å². The van der Waals surface area contributed by atoms with E-state index in [1.54, 1.807) is 0 Å². The number of rotatable bonds is 10. The molecule has 0 aliphatic carbocycles. The minimum absolute atomic E-state index is 0.0963. The van der Waals surface area contributed by atoms with Crippen LogP contribution in [0.25, 0.3) is 0 Å². The molecule has 0 spiro atoms. The van der Waals surface area contributed by atoms with Gasteiger partial charge in [-0.2, -0.15) is 0 Å². The maximum absolute atomic E-state index is 13.4. The zero-order valence-corrected chi connectivity index (χ0v) is 20.4. The Labute approximate surface area is 198 Å². The van der Waals surface area contributed by atoms with Crippen molar-refractivity contribution in [2.45, 2.75) is 45.3 Å². The van der Waals surface area contributed by atoms with Crippen LogP contribution in [0.15, 0.2) is 58.0 Å². The Morgan fingerprint density at radius 3 is 2.62 bits per heavy atom. The van der Waals surface area contributed by atoms with Gasteiger partial charge in [0.25, 0.3) is 5.91 Å². The number of carbonyl (C=O) groups excluding carboxylic acids is 1. The molecule has 2 N–H and O–H groups in total. The lowest BCUT2D eigenvalue weighted by atomic mass is 9.86. The smallest absolute Gasteiger partial charge is 0.252 e. The summed E-state index contributed by atoms with van der Waals surface area (Å²) in [5, 5.41) is 12.0. The Balaban J connectivity index is 1.90. The first-order valence-electron chi connectivity index (χ1n) is 11.0. The summed E-state index contributed by atoms with van der Waals surface area (Å²) in [5.74, 6) is 1.36. The van der Waals surface area contributed by atoms with Gasteiger partial charge in [-0.3, -0.25) is 4.79 Å². The topological polar surface area (TPSA) is 80.2 Å². The van der Waals surface area contributed by atoms with Gasteiger partial charge in [0.1, 0.15) is 11.9 Å². The zero-order chi connectivity index (χ0) is 23.1. The van der Waals surface area contributed by atoms with E-state index in [4.69, 9.17) is 19.6 Å². The van der Waals surface area contributed by atoms with Crippen molar-refractivity contribution < 1.29 is 19.4 Å². The molecular weight excluding hydrogens is 472 g/mol. The van der Waals surface area contributed by atoms with Crippen molar-refractivity contribution in [1.29, 1.82) is 0 Å². The quantitative estimate of drug-likeness (QED) is 0.478. The number of hydrogen-bond acceptors (Lipinski definition) is 5. The van der Waals surface area contributed by atoms with Crippen LogP contribution in [-0.4, -0.2) is 48.3 Å². The Morgan fingerprint density at radius 2 is 1.97 bits per heavy atom. The molecule has 1 heterocycles. The molecule has 0 saturated carbocycles. The molecule has 2 aromatic carbocycles. The van der Waals surface area contributed by atoms with Crippen molar-refractivity contribution in [3.63, 3.8) is 0 Å². The summed E-state index contributed by atoms with van der Waals surface area (Å²) in [5.41, 5.74) is 0.724. The first-order valence-corrected chi connectivity index (χ1v) is 11.8. The van der Waals surface area contributed by atoms with Gasteiger partial charge in [0.15, 0.2) is 5.54 Å². The number of carbonyl (C=O) groups is 1. The summed E-state index contributed by atoms with van der Waals surface area (Å²) >= 11 is 3.60. The Morgan fingerprint density at radius 1 is 1.25 bits per heavy atom. The second-order valence-corrected chi connectivity index (χ2v) is 9.28. The van der Waals surface area contributed by atoms with Gasteiger partial charge in [0.05, 0.1) is 6.61 Å². The van der Waals surface area contributed by atoms with Crippen LogP contribution >= 0.6 is 15.9 Å². The first-order chi connectivity index (χ1) is 15.4. The van der Waals surface area contributed by atoms with E-state index in [1.807, 2.05) is 55.5 Å². The third-order valence-electron chi connectivity index (χ3n) is 5.42. The highest BCUT2D eigenvalue weighted by Crippen LogP contribution is 2.34. The minimum atomic E-state index is -1.07. The van der Waals surface area contributed by atoms with Crippen LogP contribution in [0.3, 0.4) is 0 Å². The van der Waals surface area contributed by atoms with Gasteiger partial charge >= 0.3 is 0 Å². The van der Waals surface area contributed by atoms with Crippen LogP contribution in [0.4, 0.5) is 0 Å². The van der Waals surface area contributed by atoms with Gasteiger partial charge in [-0.15, -0.1) is 0 Å². The molecule has 3 rings (SSSR count). The lowest BCUT2D eigenvalue weighted by Gasteiger charge is -2.29. The van der Waals surface area contributed by atoms with Gasteiger partial charge in [0.2, 0.25) is 5.90 Å². The van der Waals surface area contributed by atoms with Gasteiger partial charge in [0, 0.05) is 36.0 Å². The molecule has 172 valence electrons. The lowest BCUT2D eigenvalue weighted by Crippen LogP contribution is -2.53. The summed E-state index contributed by atoms with van der Waals surface area (Å²) in [6.07, 6.45) is 0.570. The van der Waals surface area contributed by atoms with Crippen LogP contribution < -0.4 is 10.1 Å². The average molecular weight is 503 g/mol. The standard InChI is InChI=1S/C25H31BrN2O4/c1-17(2)16-27-24(30)25(15-20-7-4-5-8-22(20)26)18(3)32-23(28-25)19-9-11-21(12-10-19)31-14-6-13-29/h4-5,7-12,17-18,29H,6,13-16H2,1-3H3,(H,27,30)/t18-,25-/m1/s1. The molecule has 0 radical (unpaired) electrons. The fourth-order valence-corrected chi connectivity index (χ4v) is 3.95. The lowest BCUT2D eigenvalue weighted by molar-refractivity contribution is -0.128. The molecule has 0 aromatic heterocycles. The number of aliphatic hydroxyl groups is 1. The molecule has 0 bridgehead atoms. The summed E-state index contributed by atoms with van der Waals surface area (Å²) in [7, 11) is 0. The monoisotopic (exact) mass is 502 g/mol. The van der Waals surface area contributed by atoms with E-state index in [-0.39, 0.29) is 12.5 Å². The number of amides is 1. The molecule has 1 aliphatic rings. The molecule has 1 aliphatic heterocycles. The first kappa shape index (κ1) is 24.3. The summed E-state index contributed by atoms with van der Waals surface area (Å²) in [4.78, 5) is 18.3. The van der Waals surface area contributed by atoms with Crippen molar-refractivity contribution in [3.05, 3.63) is 64.1 Å². The molecule has 0 saturated heterocycles.